The predicted octanol–water partition coefficient (Wildman–Crippen LogP) is 7.23. The summed E-state index contributed by atoms with van der Waals surface area (Å²) in [5, 5.41) is 11.0. The maximum absolute atomic E-state index is 13.0. The van der Waals surface area contributed by atoms with Crippen molar-refractivity contribution in [3.63, 3.8) is 0 Å². The van der Waals surface area contributed by atoms with Crippen LogP contribution in [0.25, 0.3) is 6.08 Å². The smallest absolute Gasteiger partial charge is 0.298 e. The minimum Gasteiger partial charge on any atom is -0.490 e. The lowest BCUT2D eigenvalue weighted by atomic mass is 10.1. The van der Waals surface area contributed by atoms with Gasteiger partial charge in [-0.15, -0.1) is 0 Å². The van der Waals surface area contributed by atoms with Crippen molar-refractivity contribution in [2.24, 2.45) is 0 Å². The molecule has 4 rings (SSSR count). The van der Waals surface area contributed by atoms with Gasteiger partial charge in [0, 0.05) is 17.2 Å². The highest BCUT2D eigenvalue weighted by atomic mass is 79.9. The van der Waals surface area contributed by atoms with E-state index in [0.717, 1.165) is 16.7 Å². The summed E-state index contributed by atoms with van der Waals surface area (Å²) in [6.07, 6.45) is 1.60. The number of halogens is 2. The summed E-state index contributed by atoms with van der Waals surface area (Å²) >= 11 is 10.3. The van der Waals surface area contributed by atoms with E-state index >= 15 is 0 Å². The monoisotopic (exact) mass is 588 g/mol. The summed E-state index contributed by atoms with van der Waals surface area (Å²) in [7, 11) is 0. The molecule has 1 saturated heterocycles. The fraction of sp³-hybridized carbons (Fsp3) is 0.120. The zero-order chi connectivity index (χ0) is 25.8. The lowest BCUT2D eigenvalue weighted by Gasteiger charge is -2.15. The number of nitro benzene ring substituents is 1. The molecule has 3 aromatic rings. The van der Waals surface area contributed by atoms with Crippen LogP contribution in [0, 0.1) is 10.1 Å². The van der Waals surface area contributed by atoms with E-state index in [2.05, 4.69) is 15.9 Å². The van der Waals surface area contributed by atoms with Crippen LogP contribution >= 0.6 is 39.3 Å². The number of benzene rings is 3. The third kappa shape index (κ3) is 5.72. The van der Waals surface area contributed by atoms with Gasteiger partial charge in [0.25, 0.3) is 16.8 Å². The third-order valence-electron chi connectivity index (χ3n) is 4.99. The Morgan fingerprint density at radius 2 is 1.89 bits per heavy atom. The molecule has 36 heavy (non-hydrogen) atoms. The van der Waals surface area contributed by atoms with E-state index in [-0.39, 0.29) is 17.2 Å². The molecular weight excluding hydrogens is 572 g/mol. The Kier molecular flexibility index (Phi) is 7.97. The van der Waals surface area contributed by atoms with Gasteiger partial charge in [0.05, 0.1) is 26.6 Å². The van der Waals surface area contributed by atoms with Crippen molar-refractivity contribution < 1.29 is 24.0 Å². The number of thioether (sulfide) groups is 1. The molecule has 0 spiro atoms. The van der Waals surface area contributed by atoms with Gasteiger partial charge in [-0.1, -0.05) is 29.8 Å². The number of amides is 2. The number of carbonyl (C=O) groups excluding carboxylic acids is 2. The Balaban J connectivity index is 1.59. The van der Waals surface area contributed by atoms with Gasteiger partial charge in [-0.2, -0.15) is 0 Å². The van der Waals surface area contributed by atoms with E-state index in [1.807, 2.05) is 6.92 Å². The van der Waals surface area contributed by atoms with Gasteiger partial charge in [-0.05, 0) is 82.2 Å². The standard InChI is InChI=1S/C25H18BrClN2O6S/c1-2-34-21-11-16(10-20(26)23(21)35-14-15-5-3-8-19(9-15)29(32)33)12-22-24(30)28(25(31)36-22)18-7-4-6-17(27)13-18/h3-13H,2,14H2,1H3/b22-12+. The second-order valence-corrected chi connectivity index (χ2v) is 9.76. The summed E-state index contributed by atoms with van der Waals surface area (Å²) < 4.78 is 12.2. The van der Waals surface area contributed by atoms with Crippen LogP contribution in [-0.4, -0.2) is 22.7 Å². The van der Waals surface area contributed by atoms with Crippen LogP contribution in [0.15, 0.2) is 70.0 Å². The maximum Gasteiger partial charge on any atom is 0.298 e. The molecule has 3 aromatic carbocycles. The van der Waals surface area contributed by atoms with Crippen LogP contribution in [0.1, 0.15) is 18.1 Å². The van der Waals surface area contributed by atoms with Gasteiger partial charge in [0.15, 0.2) is 11.5 Å². The lowest BCUT2D eigenvalue weighted by molar-refractivity contribution is -0.384. The van der Waals surface area contributed by atoms with Gasteiger partial charge in [-0.25, -0.2) is 4.90 Å². The molecular formula is C25H18BrClN2O6S. The summed E-state index contributed by atoms with van der Waals surface area (Å²) in [6.45, 7) is 2.26. The van der Waals surface area contributed by atoms with Crippen LogP contribution < -0.4 is 14.4 Å². The number of hydrogen-bond donors (Lipinski definition) is 0. The third-order valence-corrected chi connectivity index (χ3v) is 6.69. The number of anilines is 1. The maximum atomic E-state index is 13.0. The van der Waals surface area contributed by atoms with E-state index in [4.69, 9.17) is 21.1 Å². The van der Waals surface area contributed by atoms with Crippen molar-refractivity contribution in [3.05, 3.63) is 96.3 Å². The van der Waals surface area contributed by atoms with Gasteiger partial charge in [-0.3, -0.25) is 19.7 Å². The molecule has 0 unspecified atom stereocenters. The minimum atomic E-state index is -0.464. The lowest BCUT2D eigenvalue weighted by Crippen LogP contribution is -2.27. The molecule has 1 aliphatic rings. The molecule has 0 atom stereocenters. The van der Waals surface area contributed by atoms with Crippen molar-refractivity contribution in [3.8, 4) is 11.5 Å². The van der Waals surface area contributed by atoms with Crippen molar-refractivity contribution in [2.45, 2.75) is 13.5 Å². The quantitative estimate of drug-likeness (QED) is 0.155. The number of hydrogen-bond acceptors (Lipinski definition) is 7. The minimum absolute atomic E-state index is 0.0257. The van der Waals surface area contributed by atoms with Gasteiger partial charge < -0.3 is 9.47 Å². The Morgan fingerprint density at radius 1 is 1.11 bits per heavy atom. The van der Waals surface area contributed by atoms with Crippen LogP contribution in [0.3, 0.4) is 0 Å². The van der Waals surface area contributed by atoms with E-state index in [1.54, 1.807) is 54.6 Å². The highest BCUT2D eigenvalue weighted by Gasteiger charge is 2.36. The molecule has 0 N–H and O–H groups in total. The van der Waals surface area contributed by atoms with Crippen molar-refractivity contribution in [1.82, 2.24) is 0 Å². The van der Waals surface area contributed by atoms with Crippen molar-refractivity contribution in [2.75, 3.05) is 11.5 Å². The Morgan fingerprint density at radius 3 is 2.61 bits per heavy atom. The number of rotatable bonds is 8. The first-order valence-electron chi connectivity index (χ1n) is 10.6. The first kappa shape index (κ1) is 25.7. The Labute approximate surface area is 224 Å². The average molecular weight is 590 g/mol. The molecule has 8 nitrogen and oxygen atoms in total. The molecule has 1 aliphatic heterocycles. The molecule has 0 saturated carbocycles. The summed E-state index contributed by atoms with van der Waals surface area (Å²) in [4.78, 5) is 37.4. The van der Waals surface area contributed by atoms with Crippen LogP contribution in [0.5, 0.6) is 11.5 Å². The normalized spacial score (nSPS) is 14.4. The fourth-order valence-electron chi connectivity index (χ4n) is 3.45. The molecule has 0 bridgehead atoms. The highest BCUT2D eigenvalue weighted by molar-refractivity contribution is 9.10. The number of carbonyl (C=O) groups is 2. The largest absolute Gasteiger partial charge is 0.490 e. The highest BCUT2D eigenvalue weighted by Crippen LogP contribution is 2.40. The molecule has 1 fully saturated rings. The van der Waals surface area contributed by atoms with Crippen LogP contribution in [0.4, 0.5) is 16.2 Å². The van der Waals surface area contributed by atoms with E-state index in [1.165, 1.54) is 12.1 Å². The van der Waals surface area contributed by atoms with Crippen molar-refractivity contribution >= 4 is 67.9 Å². The average Bonchev–Trinajstić information content (AvgIpc) is 3.11. The molecule has 2 amide bonds. The van der Waals surface area contributed by atoms with E-state index in [9.17, 15) is 19.7 Å². The molecule has 11 heteroatoms. The molecule has 184 valence electrons. The summed E-state index contributed by atoms with van der Waals surface area (Å²) in [5.41, 5.74) is 1.61. The molecule has 0 radical (unpaired) electrons. The number of ether oxygens (including phenoxy) is 2. The Hall–Kier alpha value is -3.34. The zero-order valence-electron chi connectivity index (χ0n) is 18.8. The number of non-ortho nitro benzene ring substituents is 1. The summed E-state index contributed by atoms with van der Waals surface area (Å²) in [6, 6.07) is 16.1. The number of nitro groups is 1. The first-order chi connectivity index (χ1) is 17.3. The van der Waals surface area contributed by atoms with Crippen molar-refractivity contribution in [1.29, 1.82) is 0 Å². The Bertz CT molecular complexity index is 1400. The summed E-state index contributed by atoms with van der Waals surface area (Å²) in [5.74, 6) is 0.373. The van der Waals surface area contributed by atoms with E-state index in [0.29, 0.717) is 44.4 Å². The van der Waals surface area contributed by atoms with Crippen LogP contribution in [-0.2, 0) is 11.4 Å². The van der Waals surface area contributed by atoms with Gasteiger partial charge in [0.1, 0.15) is 6.61 Å². The topological polar surface area (TPSA) is 99.0 Å². The molecule has 0 aliphatic carbocycles. The molecule has 1 heterocycles. The predicted molar refractivity (Wildman–Crippen MR) is 143 cm³/mol. The first-order valence-corrected chi connectivity index (χ1v) is 12.6. The molecule has 0 aromatic heterocycles. The van der Waals surface area contributed by atoms with Gasteiger partial charge in [0.2, 0.25) is 0 Å². The van der Waals surface area contributed by atoms with E-state index < -0.39 is 16.1 Å². The fourth-order valence-corrected chi connectivity index (χ4v) is 5.05. The number of nitrogens with zero attached hydrogens (tertiary/aromatic N) is 2. The SMILES string of the molecule is CCOc1cc(/C=C2/SC(=O)N(c3cccc(Cl)c3)C2=O)cc(Br)c1OCc1cccc([N+](=O)[O-])c1. The second kappa shape index (κ2) is 11.2. The second-order valence-electron chi connectivity index (χ2n) is 7.48. The van der Waals surface area contributed by atoms with Crippen LogP contribution in [0.2, 0.25) is 5.02 Å². The zero-order valence-corrected chi connectivity index (χ0v) is 21.9. The van der Waals surface area contributed by atoms with Gasteiger partial charge >= 0.3 is 0 Å². The number of imide groups is 1.